The topological polar surface area (TPSA) is 138 Å². The minimum absolute atomic E-state index is 0.0310. The molecule has 5 aromatic carbocycles. The number of imidazole rings is 2. The third-order valence-corrected chi connectivity index (χ3v) is 10.3. The van der Waals surface area contributed by atoms with Crippen molar-refractivity contribution in [1.82, 2.24) is 19.1 Å². The van der Waals surface area contributed by atoms with Crippen LogP contribution >= 0.6 is 0 Å². The number of ketones is 6. The van der Waals surface area contributed by atoms with E-state index < -0.39 is 35.0 Å². The molecule has 302 valence electrons. The van der Waals surface area contributed by atoms with Gasteiger partial charge in [-0.05, 0) is 51.9 Å². The first-order valence-electron chi connectivity index (χ1n) is 19.8. The minimum Gasteiger partial charge on any atom is -0.324 e. The van der Waals surface area contributed by atoms with Crippen molar-refractivity contribution in [1.29, 1.82) is 0 Å². The quantitative estimate of drug-likeness (QED) is 0.0626. The predicted octanol–water partition coefficient (Wildman–Crippen LogP) is 8.20. The molecule has 0 aliphatic carbocycles. The molecule has 0 amide bonds. The van der Waals surface area contributed by atoms with Crippen molar-refractivity contribution >= 4 is 45.5 Å². The third kappa shape index (κ3) is 11.5. The lowest BCUT2D eigenvalue weighted by Gasteiger charge is -2.15. The SMILES string of the molecule is CC(=O)C(=O)C(CC(=O)c1cncn1Cc1ccc2ccccc2c1)Cc1ccccc1.CC(=O)C(=O)C(CC(=O)c1nccn1Cc1ccccc1)Cc1ccccc1. The first-order valence-corrected chi connectivity index (χ1v) is 19.8. The molecule has 2 heterocycles. The van der Waals surface area contributed by atoms with Crippen LogP contribution in [0.2, 0.25) is 0 Å². The second-order valence-corrected chi connectivity index (χ2v) is 14.8. The average molecular weight is 799 g/mol. The maximum atomic E-state index is 13.1. The average Bonchev–Trinajstić information content (AvgIpc) is 3.94. The molecule has 10 heteroatoms. The molecule has 0 aliphatic heterocycles. The number of rotatable bonds is 18. The highest BCUT2D eigenvalue weighted by atomic mass is 16.2. The van der Waals surface area contributed by atoms with Gasteiger partial charge in [0.1, 0.15) is 5.69 Å². The van der Waals surface area contributed by atoms with Gasteiger partial charge in [0, 0.05) is 64.0 Å². The Morgan fingerprint density at radius 2 is 1.03 bits per heavy atom. The smallest absolute Gasteiger partial charge is 0.201 e. The molecule has 0 bridgehead atoms. The van der Waals surface area contributed by atoms with Gasteiger partial charge in [-0.25, -0.2) is 9.97 Å². The molecular formula is C50H46N4O6. The highest BCUT2D eigenvalue weighted by Gasteiger charge is 2.29. The van der Waals surface area contributed by atoms with Gasteiger partial charge in [0.15, 0.2) is 29.0 Å². The largest absolute Gasteiger partial charge is 0.324 e. The summed E-state index contributed by atoms with van der Waals surface area (Å²) in [6.07, 6.45) is 7.11. The lowest BCUT2D eigenvalue weighted by atomic mass is 9.88. The Balaban J connectivity index is 0.000000203. The number of fused-ring (bicyclic) bond motifs is 1. The number of carbonyl (C=O) groups excluding carboxylic acids is 6. The van der Waals surface area contributed by atoms with E-state index in [-0.39, 0.29) is 24.4 Å². The minimum atomic E-state index is -0.689. The molecule has 2 unspecified atom stereocenters. The van der Waals surface area contributed by atoms with Crippen LogP contribution in [0, 0.1) is 11.8 Å². The van der Waals surface area contributed by atoms with Crippen molar-refractivity contribution in [3.05, 3.63) is 192 Å². The van der Waals surface area contributed by atoms with Crippen molar-refractivity contribution in [3.8, 4) is 0 Å². The predicted molar refractivity (Wildman–Crippen MR) is 230 cm³/mol. The Labute approximate surface area is 348 Å². The van der Waals surface area contributed by atoms with E-state index in [4.69, 9.17) is 0 Å². The number of nitrogens with zero attached hydrogens (tertiary/aromatic N) is 4. The molecule has 60 heavy (non-hydrogen) atoms. The first kappa shape index (κ1) is 42.4. The summed E-state index contributed by atoms with van der Waals surface area (Å²) in [4.78, 5) is 82.8. The van der Waals surface area contributed by atoms with Gasteiger partial charge in [-0.1, -0.05) is 127 Å². The van der Waals surface area contributed by atoms with E-state index in [9.17, 15) is 28.8 Å². The molecule has 0 saturated carbocycles. The fourth-order valence-corrected chi connectivity index (χ4v) is 7.21. The monoisotopic (exact) mass is 798 g/mol. The Kier molecular flexibility index (Phi) is 14.5. The number of hydrogen-bond acceptors (Lipinski definition) is 8. The Morgan fingerprint density at radius 1 is 0.533 bits per heavy atom. The molecule has 0 spiro atoms. The summed E-state index contributed by atoms with van der Waals surface area (Å²) in [7, 11) is 0. The van der Waals surface area contributed by atoms with Crippen molar-refractivity contribution in [2.75, 3.05) is 0 Å². The number of Topliss-reactive ketones (excluding diaryl/α,β-unsaturated/α-hetero) is 6. The van der Waals surface area contributed by atoms with E-state index in [2.05, 4.69) is 34.2 Å². The molecule has 0 saturated heterocycles. The summed E-state index contributed by atoms with van der Waals surface area (Å²) in [6, 6.07) is 42.9. The highest BCUT2D eigenvalue weighted by Crippen LogP contribution is 2.21. The van der Waals surface area contributed by atoms with Crippen LogP contribution in [0.25, 0.3) is 10.8 Å². The van der Waals surface area contributed by atoms with Crippen LogP contribution in [-0.2, 0) is 45.1 Å². The van der Waals surface area contributed by atoms with Gasteiger partial charge in [-0.15, -0.1) is 0 Å². The molecule has 2 atom stereocenters. The zero-order chi connectivity index (χ0) is 42.4. The van der Waals surface area contributed by atoms with Crippen LogP contribution in [0.1, 0.15) is 70.1 Å². The first-order chi connectivity index (χ1) is 29.0. The van der Waals surface area contributed by atoms with Crippen molar-refractivity contribution in [3.63, 3.8) is 0 Å². The Morgan fingerprint density at radius 3 is 1.60 bits per heavy atom. The lowest BCUT2D eigenvalue weighted by Crippen LogP contribution is -2.27. The summed E-state index contributed by atoms with van der Waals surface area (Å²) < 4.78 is 3.57. The zero-order valence-electron chi connectivity index (χ0n) is 33.6. The van der Waals surface area contributed by atoms with E-state index in [0.29, 0.717) is 37.4 Å². The summed E-state index contributed by atoms with van der Waals surface area (Å²) in [5, 5.41) is 2.29. The number of benzene rings is 5. The summed E-state index contributed by atoms with van der Waals surface area (Å²) in [5.74, 6) is -3.58. The van der Waals surface area contributed by atoms with E-state index in [0.717, 1.165) is 33.0 Å². The second kappa shape index (κ2) is 20.5. The van der Waals surface area contributed by atoms with E-state index in [1.165, 1.54) is 20.0 Å². The second-order valence-electron chi connectivity index (χ2n) is 14.8. The molecule has 2 aromatic heterocycles. The van der Waals surface area contributed by atoms with Gasteiger partial charge < -0.3 is 9.13 Å². The fourth-order valence-electron chi connectivity index (χ4n) is 7.21. The van der Waals surface area contributed by atoms with E-state index >= 15 is 0 Å². The van der Waals surface area contributed by atoms with Crippen LogP contribution in [-0.4, -0.2) is 53.8 Å². The van der Waals surface area contributed by atoms with Gasteiger partial charge in [0.25, 0.3) is 0 Å². The zero-order valence-corrected chi connectivity index (χ0v) is 33.6. The van der Waals surface area contributed by atoms with Crippen LogP contribution < -0.4 is 0 Å². The van der Waals surface area contributed by atoms with Crippen LogP contribution in [0.15, 0.2) is 158 Å². The van der Waals surface area contributed by atoms with Gasteiger partial charge in [0.05, 0.1) is 12.5 Å². The third-order valence-electron chi connectivity index (χ3n) is 10.3. The summed E-state index contributed by atoms with van der Waals surface area (Å²) in [6.45, 7) is 3.53. The number of aromatic nitrogens is 4. The van der Waals surface area contributed by atoms with Crippen molar-refractivity contribution in [2.45, 2.75) is 52.6 Å². The fraction of sp³-hybridized carbons (Fsp3) is 0.200. The lowest BCUT2D eigenvalue weighted by molar-refractivity contribution is -0.137. The van der Waals surface area contributed by atoms with Gasteiger partial charge in [0.2, 0.25) is 11.6 Å². The van der Waals surface area contributed by atoms with Crippen LogP contribution in [0.5, 0.6) is 0 Å². The van der Waals surface area contributed by atoms with Crippen LogP contribution in [0.4, 0.5) is 0 Å². The molecule has 0 radical (unpaired) electrons. The van der Waals surface area contributed by atoms with E-state index in [1.807, 2.05) is 109 Å². The normalized spacial score (nSPS) is 11.8. The van der Waals surface area contributed by atoms with Gasteiger partial charge in [-0.2, -0.15) is 0 Å². The Bertz CT molecular complexity index is 2600. The number of hydrogen-bond donors (Lipinski definition) is 0. The molecule has 7 rings (SSSR count). The highest BCUT2D eigenvalue weighted by molar-refractivity contribution is 6.38. The maximum Gasteiger partial charge on any atom is 0.201 e. The van der Waals surface area contributed by atoms with Crippen molar-refractivity contribution < 1.29 is 28.8 Å². The molecule has 10 nitrogen and oxygen atoms in total. The molecule has 7 aromatic rings. The van der Waals surface area contributed by atoms with Gasteiger partial charge in [-0.3, -0.25) is 28.8 Å². The summed E-state index contributed by atoms with van der Waals surface area (Å²) in [5.41, 5.74) is 4.38. The Hall–Kier alpha value is -7.20. The molecule has 0 fully saturated rings. The number of carbonyl (C=O) groups is 6. The van der Waals surface area contributed by atoms with E-state index in [1.54, 1.807) is 27.9 Å². The molecular weight excluding hydrogens is 753 g/mol. The molecule has 0 N–H and O–H groups in total. The maximum absolute atomic E-state index is 13.1. The summed E-state index contributed by atoms with van der Waals surface area (Å²) >= 11 is 0. The molecule has 0 aliphatic rings. The van der Waals surface area contributed by atoms with Crippen molar-refractivity contribution in [2.24, 2.45) is 11.8 Å². The standard InChI is InChI=1S/C27H24N2O3.C23H22N2O3/c1-19(30)27(32)24(13-20-7-3-2-4-8-20)15-26(31)25-16-28-18-29(25)17-21-11-12-22-9-5-6-10-23(22)14-21;1-17(26)22(28)20(14-18-8-4-2-5-9-18)15-21(27)23-24-12-13-25(23)16-19-10-6-3-7-11-19/h2-12,14,16,18,24H,13,15,17H2,1H3;2-13,20H,14-16H2,1H3. The van der Waals surface area contributed by atoms with Crippen LogP contribution in [0.3, 0.4) is 0 Å². The van der Waals surface area contributed by atoms with Gasteiger partial charge >= 0.3 is 0 Å².